The second kappa shape index (κ2) is 4.91. The van der Waals surface area contributed by atoms with Crippen molar-refractivity contribution >= 4 is 22.2 Å². The lowest BCUT2D eigenvalue weighted by Crippen LogP contribution is -2.26. The highest BCUT2D eigenvalue weighted by atomic mass is 32.1. The van der Waals surface area contributed by atoms with E-state index in [-0.39, 0.29) is 0 Å². The van der Waals surface area contributed by atoms with Crippen LogP contribution in [-0.2, 0) is 13.0 Å². The smallest absolute Gasteiger partial charge is 0.318 e. The first-order chi connectivity index (χ1) is 8.86. The van der Waals surface area contributed by atoms with Crippen molar-refractivity contribution in [2.75, 3.05) is 19.0 Å². The molecule has 0 fully saturated rings. The number of aromatic nitrogens is 2. The van der Waals surface area contributed by atoms with Gasteiger partial charge in [0.25, 0.3) is 0 Å². The van der Waals surface area contributed by atoms with E-state index in [0.29, 0.717) is 6.01 Å². The lowest BCUT2D eigenvalue weighted by molar-refractivity contribution is 0.377. The summed E-state index contributed by atoms with van der Waals surface area (Å²) in [7, 11) is 1.59. The Kier molecular flexibility index (Phi) is 3.12. The Morgan fingerprint density at radius 2 is 2.39 bits per heavy atom. The van der Waals surface area contributed by atoms with Crippen LogP contribution >= 0.6 is 11.3 Å². The molecule has 5 nitrogen and oxygen atoms in total. The van der Waals surface area contributed by atoms with Crippen LogP contribution in [0.15, 0.2) is 17.5 Å². The molecule has 0 atom stereocenters. The van der Waals surface area contributed by atoms with Crippen LogP contribution in [0.3, 0.4) is 0 Å². The van der Waals surface area contributed by atoms with Crippen molar-refractivity contribution in [3.05, 3.63) is 28.8 Å². The monoisotopic (exact) mass is 262 g/mol. The van der Waals surface area contributed by atoms with E-state index < -0.39 is 0 Å². The van der Waals surface area contributed by atoms with Crippen LogP contribution in [0, 0.1) is 0 Å². The zero-order valence-electron chi connectivity index (χ0n) is 10.1. The fourth-order valence-corrected chi connectivity index (χ4v) is 2.60. The molecule has 0 radical (unpaired) electrons. The van der Waals surface area contributed by atoms with E-state index in [4.69, 9.17) is 4.74 Å². The number of nitrogens with one attached hydrogen (secondary N) is 2. The molecule has 2 N–H and O–H groups in total. The third-order valence-electron chi connectivity index (χ3n) is 2.86. The summed E-state index contributed by atoms with van der Waals surface area (Å²) >= 11 is 1.65. The van der Waals surface area contributed by atoms with E-state index in [1.165, 1.54) is 0 Å². The molecule has 0 saturated heterocycles. The molecular formula is C12H14N4OS. The number of thiophene rings is 1. The highest BCUT2D eigenvalue weighted by Gasteiger charge is 2.18. The number of ether oxygens (including phenoxy) is 1. The van der Waals surface area contributed by atoms with Crippen LogP contribution in [0.2, 0.25) is 0 Å². The third-order valence-corrected chi connectivity index (χ3v) is 3.64. The predicted octanol–water partition coefficient (Wildman–Crippen LogP) is 1.94. The van der Waals surface area contributed by atoms with Crippen LogP contribution in [0.4, 0.5) is 10.8 Å². The molecule has 0 bridgehead atoms. The van der Waals surface area contributed by atoms with Gasteiger partial charge >= 0.3 is 6.01 Å². The van der Waals surface area contributed by atoms with Gasteiger partial charge in [-0.1, -0.05) is 0 Å². The first kappa shape index (κ1) is 11.4. The van der Waals surface area contributed by atoms with Crippen LogP contribution < -0.4 is 15.4 Å². The summed E-state index contributed by atoms with van der Waals surface area (Å²) in [5.41, 5.74) is 2.20. The van der Waals surface area contributed by atoms with Gasteiger partial charge < -0.3 is 15.4 Å². The van der Waals surface area contributed by atoms with Crippen molar-refractivity contribution in [1.29, 1.82) is 0 Å². The van der Waals surface area contributed by atoms with Crippen molar-refractivity contribution in [2.45, 2.75) is 13.0 Å². The van der Waals surface area contributed by atoms with E-state index >= 15 is 0 Å². The molecule has 2 aromatic rings. The second-order valence-corrected chi connectivity index (χ2v) is 4.96. The van der Waals surface area contributed by atoms with Gasteiger partial charge in [0.15, 0.2) is 0 Å². The lowest BCUT2D eigenvalue weighted by atomic mass is 10.1. The van der Waals surface area contributed by atoms with E-state index in [0.717, 1.165) is 41.6 Å². The molecule has 0 saturated carbocycles. The largest absolute Gasteiger partial charge is 0.467 e. The third kappa shape index (κ3) is 2.16. The van der Waals surface area contributed by atoms with Crippen molar-refractivity contribution in [3.63, 3.8) is 0 Å². The minimum atomic E-state index is 0.426. The summed E-state index contributed by atoms with van der Waals surface area (Å²) in [6, 6.07) is 4.47. The number of hydrogen-bond donors (Lipinski definition) is 2. The Bertz CT molecular complexity index is 541. The normalized spacial score (nSPS) is 14.1. The minimum Gasteiger partial charge on any atom is -0.467 e. The summed E-state index contributed by atoms with van der Waals surface area (Å²) in [5.74, 6) is 0.839. The first-order valence-electron chi connectivity index (χ1n) is 5.82. The van der Waals surface area contributed by atoms with Crippen LogP contribution in [0.1, 0.15) is 11.3 Å². The fraction of sp³-hybridized carbons (Fsp3) is 0.333. The molecule has 0 unspecified atom stereocenters. The highest BCUT2D eigenvalue weighted by molar-refractivity contribution is 7.14. The Morgan fingerprint density at radius 1 is 1.44 bits per heavy atom. The number of nitrogens with zero attached hydrogens (tertiary/aromatic N) is 2. The number of anilines is 2. The van der Waals surface area contributed by atoms with Gasteiger partial charge in [-0.25, -0.2) is 0 Å². The molecule has 0 aliphatic carbocycles. The van der Waals surface area contributed by atoms with E-state index in [1.807, 2.05) is 17.5 Å². The average Bonchev–Trinajstić information content (AvgIpc) is 2.91. The van der Waals surface area contributed by atoms with Gasteiger partial charge in [-0.05, 0) is 17.5 Å². The second-order valence-electron chi connectivity index (χ2n) is 4.01. The van der Waals surface area contributed by atoms with Crippen LogP contribution in [0.25, 0.3) is 0 Å². The molecule has 3 heterocycles. The van der Waals surface area contributed by atoms with Crippen molar-refractivity contribution in [2.24, 2.45) is 0 Å². The maximum absolute atomic E-state index is 5.16. The van der Waals surface area contributed by atoms with Gasteiger partial charge in [-0.2, -0.15) is 9.97 Å². The fourth-order valence-electron chi connectivity index (χ4n) is 1.98. The topological polar surface area (TPSA) is 59.1 Å². The SMILES string of the molecule is COc1nc2c(c(Nc3cccs3)n1)CNCC2. The molecule has 18 heavy (non-hydrogen) atoms. The molecular weight excluding hydrogens is 248 g/mol. The zero-order chi connectivity index (χ0) is 12.4. The predicted molar refractivity (Wildman–Crippen MR) is 71.6 cm³/mol. The van der Waals surface area contributed by atoms with Crippen molar-refractivity contribution < 1.29 is 4.74 Å². The molecule has 1 aliphatic heterocycles. The van der Waals surface area contributed by atoms with Crippen LogP contribution in [-0.4, -0.2) is 23.6 Å². The molecule has 0 amide bonds. The van der Waals surface area contributed by atoms with Gasteiger partial charge in [0.05, 0.1) is 17.8 Å². The summed E-state index contributed by atoms with van der Waals surface area (Å²) in [6.45, 7) is 1.75. The van der Waals surface area contributed by atoms with Gasteiger partial charge in [0.2, 0.25) is 0 Å². The van der Waals surface area contributed by atoms with Gasteiger partial charge in [-0.3, -0.25) is 0 Å². The quantitative estimate of drug-likeness (QED) is 0.885. The summed E-state index contributed by atoms with van der Waals surface area (Å²) in [6.07, 6.45) is 0.910. The Balaban J connectivity index is 2.00. The molecule has 3 rings (SSSR count). The van der Waals surface area contributed by atoms with Gasteiger partial charge in [0, 0.05) is 25.1 Å². The van der Waals surface area contributed by atoms with Crippen LogP contribution in [0.5, 0.6) is 6.01 Å². The summed E-state index contributed by atoms with van der Waals surface area (Å²) in [5, 5.41) is 9.78. The molecule has 94 valence electrons. The zero-order valence-corrected chi connectivity index (χ0v) is 10.9. The molecule has 6 heteroatoms. The van der Waals surface area contributed by atoms with Gasteiger partial charge in [-0.15, -0.1) is 11.3 Å². The maximum Gasteiger partial charge on any atom is 0.318 e. The number of fused-ring (bicyclic) bond motifs is 1. The highest BCUT2D eigenvalue weighted by Crippen LogP contribution is 2.27. The number of rotatable bonds is 3. The first-order valence-corrected chi connectivity index (χ1v) is 6.70. The van der Waals surface area contributed by atoms with Crippen molar-refractivity contribution in [3.8, 4) is 6.01 Å². The molecule has 0 spiro atoms. The Labute approximate surface area is 109 Å². The molecule has 1 aliphatic rings. The number of hydrogen-bond acceptors (Lipinski definition) is 6. The summed E-state index contributed by atoms with van der Waals surface area (Å²) < 4.78 is 5.16. The van der Waals surface area contributed by atoms with Crippen molar-refractivity contribution in [1.82, 2.24) is 15.3 Å². The van der Waals surface area contributed by atoms with E-state index in [2.05, 4.69) is 20.6 Å². The standard InChI is InChI=1S/C12H14N4OS/c1-17-12-14-9-4-5-13-7-8(9)11(16-12)15-10-3-2-6-18-10/h2-3,6,13H,4-5,7H2,1H3,(H,14,15,16). The molecule has 0 aromatic carbocycles. The Hall–Kier alpha value is -1.66. The Morgan fingerprint density at radius 3 is 3.17 bits per heavy atom. The van der Waals surface area contributed by atoms with E-state index in [9.17, 15) is 0 Å². The van der Waals surface area contributed by atoms with E-state index in [1.54, 1.807) is 18.4 Å². The lowest BCUT2D eigenvalue weighted by Gasteiger charge is -2.19. The summed E-state index contributed by atoms with van der Waals surface area (Å²) in [4.78, 5) is 8.81. The average molecular weight is 262 g/mol. The maximum atomic E-state index is 5.16. The molecule has 2 aromatic heterocycles. The number of methoxy groups -OCH3 is 1. The van der Waals surface area contributed by atoms with Gasteiger partial charge in [0.1, 0.15) is 5.82 Å². The minimum absolute atomic E-state index is 0.426.